The van der Waals surface area contributed by atoms with Crippen LogP contribution in [0.3, 0.4) is 0 Å². The van der Waals surface area contributed by atoms with Crippen molar-refractivity contribution in [2.75, 3.05) is 14.2 Å². The second-order valence-corrected chi connectivity index (χ2v) is 7.57. The number of ether oxygens (including phenoxy) is 4. The Morgan fingerprint density at radius 2 is 1.86 bits per heavy atom. The fourth-order valence-electron chi connectivity index (χ4n) is 5.26. The lowest BCUT2D eigenvalue weighted by molar-refractivity contribution is -0.294. The van der Waals surface area contributed by atoms with Gasteiger partial charge in [-0.2, -0.15) is 15.8 Å². The average molecular weight is 392 g/mol. The maximum Gasteiger partial charge on any atom is 0.217 e. The number of benzene rings is 1. The minimum absolute atomic E-state index is 0.319. The molecule has 0 radical (unpaired) electrons. The molecule has 0 aromatic heterocycles. The molecular weight excluding hydrogens is 372 g/mol. The largest absolute Gasteiger partial charge is 0.493 e. The van der Waals surface area contributed by atoms with Crippen LogP contribution in [-0.4, -0.2) is 25.9 Å². The van der Waals surface area contributed by atoms with E-state index < -0.39 is 28.6 Å². The van der Waals surface area contributed by atoms with E-state index in [9.17, 15) is 15.8 Å². The number of nitriles is 3. The van der Waals surface area contributed by atoms with Crippen molar-refractivity contribution in [3.63, 3.8) is 0 Å². The molecule has 29 heavy (non-hydrogen) atoms. The predicted octanol–water partition coefficient (Wildman–Crippen LogP) is 3.21. The molecule has 148 valence electrons. The molecule has 3 fully saturated rings. The number of para-hydroxylation sites is 1. The van der Waals surface area contributed by atoms with E-state index in [2.05, 4.69) is 18.2 Å². The van der Waals surface area contributed by atoms with E-state index in [-0.39, 0.29) is 5.90 Å². The van der Waals surface area contributed by atoms with Crippen molar-refractivity contribution in [3.05, 3.63) is 23.8 Å². The summed E-state index contributed by atoms with van der Waals surface area (Å²) in [7, 11) is 2.94. The van der Waals surface area contributed by atoms with Crippen molar-refractivity contribution >= 4 is 5.90 Å². The molecule has 1 aliphatic carbocycles. The van der Waals surface area contributed by atoms with Crippen molar-refractivity contribution in [1.82, 2.24) is 0 Å². The number of hydrogen-bond donors (Lipinski definition) is 1. The zero-order chi connectivity index (χ0) is 20.9. The molecule has 3 aliphatic rings. The van der Waals surface area contributed by atoms with Crippen LogP contribution in [-0.2, 0) is 9.47 Å². The quantitative estimate of drug-likeness (QED) is 0.835. The van der Waals surface area contributed by atoms with E-state index in [1.807, 2.05) is 0 Å². The minimum atomic E-state index is -1.99. The molecule has 1 aromatic rings. The van der Waals surface area contributed by atoms with Crippen LogP contribution >= 0.6 is 0 Å². The molecular formula is C21H20N4O4. The van der Waals surface area contributed by atoms with Gasteiger partial charge in [-0.25, -0.2) is 0 Å². The van der Waals surface area contributed by atoms with Crippen molar-refractivity contribution < 1.29 is 18.9 Å². The summed E-state index contributed by atoms with van der Waals surface area (Å²) in [6.45, 7) is 0. The molecule has 0 unspecified atom stereocenters. The predicted molar refractivity (Wildman–Crippen MR) is 98.6 cm³/mol. The Morgan fingerprint density at radius 3 is 2.48 bits per heavy atom. The van der Waals surface area contributed by atoms with E-state index >= 15 is 0 Å². The van der Waals surface area contributed by atoms with Crippen LogP contribution in [0.25, 0.3) is 0 Å². The molecule has 2 aliphatic heterocycles. The lowest BCUT2D eigenvalue weighted by Gasteiger charge is -2.51. The first-order valence-corrected chi connectivity index (χ1v) is 9.40. The Bertz CT molecular complexity index is 989. The summed E-state index contributed by atoms with van der Waals surface area (Å²) >= 11 is 0. The number of nitrogens with zero attached hydrogens (tertiary/aromatic N) is 3. The third kappa shape index (κ3) is 2.06. The monoisotopic (exact) mass is 392 g/mol. The fraction of sp³-hybridized carbons (Fsp3) is 0.524. The summed E-state index contributed by atoms with van der Waals surface area (Å²) in [5.41, 5.74) is -3.30. The highest BCUT2D eigenvalue weighted by Gasteiger charge is 2.80. The summed E-state index contributed by atoms with van der Waals surface area (Å²) in [4.78, 5) is 0. The number of methoxy groups -OCH3 is 2. The summed E-state index contributed by atoms with van der Waals surface area (Å²) in [5.74, 6) is -1.40. The van der Waals surface area contributed by atoms with Gasteiger partial charge in [-0.3, -0.25) is 5.41 Å². The lowest BCUT2D eigenvalue weighted by Crippen LogP contribution is -2.60. The van der Waals surface area contributed by atoms with E-state index in [0.29, 0.717) is 29.9 Å². The molecule has 4 atom stereocenters. The number of rotatable bonds is 3. The Morgan fingerprint density at radius 1 is 1.10 bits per heavy atom. The molecule has 1 aromatic carbocycles. The fourth-order valence-corrected chi connectivity index (χ4v) is 5.26. The zero-order valence-corrected chi connectivity index (χ0v) is 16.2. The Labute approximate surface area is 168 Å². The summed E-state index contributed by atoms with van der Waals surface area (Å²) < 4.78 is 23.2. The van der Waals surface area contributed by atoms with E-state index in [0.717, 1.165) is 12.8 Å². The molecule has 1 saturated carbocycles. The molecule has 8 nitrogen and oxygen atoms in total. The first-order chi connectivity index (χ1) is 14.0. The van der Waals surface area contributed by atoms with Crippen LogP contribution in [0, 0.1) is 56.2 Å². The lowest BCUT2D eigenvalue weighted by atomic mass is 9.51. The van der Waals surface area contributed by atoms with Crippen molar-refractivity contribution in [2.45, 2.75) is 37.6 Å². The molecule has 2 heterocycles. The van der Waals surface area contributed by atoms with Crippen LogP contribution in [0.2, 0.25) is 0 Å². The Balaban J connectivity index is 2.03. The van der Waals surface area contributed by atoms with Gasteiger partial charge >= 0.3 is 0 Å². The van der Waals surface area contributed by atoms with Crippen LogP contribution in [0.4, 0.5) is 0 Å². The van der Waals surface area contributed by atoms with Crippen LogP contribution in [0.15, 0.2) is 18.2 Å². The van der Waals surface area contributed by atoms with Crippen LogP contribution in [0.1, 0.15) is 37.4 Å². The molecule has 0 amide bonds. The maximum absolute atomic E-state index is 10.3. The molecule has 8 heteroatoms. The normalized spacial score (nSPS) is 34.0. The first-order valence-electron chi connectivity index (χ1n) is 9.40. The standard InChI is InChI=1S/C21H20N4O4/c1-26-14-7-5-6-13(16(14)27-2)17-19(10-22,11-23)20(12-24)15-8-3-4-9-21(15,28-17)29-18(20)25/h5-7,15,17,25H,3-4,8-9H2,1-2H3/t15-,17-,20+,21-/m1/s1. The summed E-state index contributed by atoms with van der Waals surface area (Å²) in [6.07, 6.45) is 1.50. The smallest absolute Gasteiger partial charge is 0.217 e. The van der Waals surface area contributed by atoms with Gasteiger partial charge in [0.25, 0.3) is 0 Å². The number of hydrogen-bond acceptors (Lipinski definition) is 8. The third-order valence-electron chi connectivity index (χ3n) is 6.53. The second kappa shape index (κ2) is 6.37. The van der Waals surface area contributed by atoms with Crippen molar-refractivity contribution in [2.24, 2.45) is 16.7 Å². The Hall–Kier alpha value is -3.28. The first kappa shape index (κ1) is 19.1. The highest BCUT2D eigenvalue weighted by atomic mass is 16.7. The second-order valence-electron chi connectivity index (χ2n) is 7.57. The molecule has 4 rings (SSSR count). The minimum Gasteiger partial charge on any atom is -0.493 e. The van der Waals surface area contributed by atoms with E-state index in [4.69, 9.17) is 24.4 Å². The van der Waals surface area contributed by atoms with Gasteiger partial charge in [0.15, 0.2) is 16.9 Å². The van der Waals surface area contributed by atoms with Gasteiger partial charge in [0, 0.05) is 12.0 Å². The van der Waals surface area contributed by atoms with Crippen molar-refractivity contribution in [3.8, 4) is 29.7 Å². The zero-order valence-electron chi connectivity index (χ0n) is 16.2. The molecule has 0 spiro atoms. The van der Waals surface area contributed by atoms with Crippen LogP contribution in [0.5, 0.6) is 11.5 Å². The van der Waals surface area contributed by atoms with Gasteiger partial charge in [0.1, 0.15) is 6.10 Å². The maximum atomic E-state index is 10.3. The van der Waals surface area contributed by atoms with Crippen molar-refractivity contribution in [1.29, 1.82) is 21.2 Å². The van der Waals surface area contributed by atoms with Gasteiger partial charge in [-0.15, -0.1) is 0 Å². The third-order valence-corrected chi connectivity index (χ3v) is 6.53. The SMILES string of the molecule is COc1cccc([C@H]2O[C@@]34CCCC[C@@H]3[C@@](C#N)(C(=N)O4)C2(C#N)C#N)c1OC. The number of nitrogens with one attached hydrogen (secondary N) is 1. The molecule has 2 bridgehead atoms. The van der Waals surface area contributed by atoms with Gasteiger partial charge in [0.2, 0.25) is 17.1 Å². The van der Waals surface area contributed by atoms with Gasteiger partial charge in [0.05, 0.1) is 38.3 Å². The highest BCUT2D eigenvalue weighted by Crippen LogP contribution is 2.70. The highest BCUT2D eigenvalue weighted by molar-refractivity contribution is 5.89. The topological polar surface area (TPSA) is 132 Å². The van der Waals surface area contributed by atoms with Gasteiger partial charge in [-0.1, -0.05) is 18.6 Å². The molecule has 2 saturated heterocycles. The Kier molecular flexibility index (Phi) is 4.19. The van der Waals surface area contributed by atoms with E-state index in [1.165, 1.54) is 14.2 Å². The summed E-state index contributed by atoms with van der Waals surface area (Å²) in [5, 5.41) is 39.3. The average Bonchev–Trinajstić information content (AvgIpc) is 2.97. The van der Waals surface area contributed by atoms with Crippen LogP contribution < -0.4 is 9.47 Å². The molecule has 1 N–H and O–H groups in total. The van der Waals surface area contributed by atoms with Gasteiger partial charge < -0.3 is 18.9 Å². The summed E-state index contributed by atoms with van der Waals surface area (Å²) in [6, 6.07) is 11.4. The van der Waals surface area contributed by atoms with E-state index in [1.54, 1.807) is 18.2 Å². The van der Waals surface area contributed by atoms with Gasteiger partial charge in [-0.05, 0) is 18.9 Å².